The van der Waals surface area contributed by atoms with Crippen LogP contribution in [-0.4, -0.2) is 4.98 Å². The largest absolute Gasteiger partial charge is 0.309 e. The monoisotopic (exact) mass is 682 g/mol. The first-order valence-corrected chi connectivity index (χ1v) is 19.0. The Morgan fingerprint density at radius 1 is 0.608 bits per heavy atom. The number of thiophene rings is 1. The molecule has 5 aromatic carbocycles. The molecule has 0 saturated heterocycles. The second-order valence-electron chi connectivity index (χ2n) is 16.2. The Bertz CT molecular complexity index is 2360. The van der Waals surface area contributed by atoms with Crippen molar-refractivity contribution in [2.24, 2.45) is 0 Å². The van der Waals surface area contributed by atoms with Crippen LogP contribution in [0.2, 0.25) is 0 Å². The van der Waals surface area contributed by atoms with Crippen molar-refractivity contribution in [2.75, 3.05) is 4.90 Å². The van der Waals surface area contributed by atoms with Gasteiger partial charge in [0.25, 0.3) is 0 Å². The standard InChI is InChI=1S/C48H46N2S/c1-31-12-24-37(25-13-31)50(44-30-51-45-11-9-8-10-40(44)45)38-26-18-33-19-27-39-41(32-14-20-35(21-15-32)47(2,3)4)29-43(49-46(39)42(33)28-38)34-16-22-36(23-17-34)48(5,6)7/h8-18,20-26,28-30H,19,27H2,1-7H3. The van der Waals surface area contributed by atoms with Gasteiger partial charge in [-0.15, -0.1) is 11.3 Å². The Balaban J connectivity index is 1.32. The van der Waals surface area contributed by atoms with Gasteiger partial charge in [0.05, 0.1) is 17.1 Å². The minimum atomic E-state index is 0.0915. The lowest BCUT2D eigenvalue weighted by Crippen LogP contribution is -2.13. The Kier molecular flexibility index (Phi) is 8.23. The summed E-state index contributed by atoms with van der Waals surface area (Å²) >= 11 is 1.80. The van der Waals surface area contributed by atoms with Gasteiger partial charge < -0.3 is 4.90 Å². The number of aryl methyl sites for hydroxylation is 2. The average molecular weight is 683 g/mol. The van der Waals surface area contributed by atoms with Crippen LogP contribution in [0.15, 0.2) is 127 Å². The Morgan fingerprint density at radius 2 is 1.24 bits per heavy atom. The van der Waals surface area contributed by atoms with E-state index in [4.69, 9.17) is 4.98 Å². The summed E-state index contributed by atoms with van der Waals surface area (Å²) in [5.41, 5.74) is 17.3. The van der Waals surface area contributed by atoms with Crippen molar-refractivity contribution < 1.29 is 0 Å². The Labute approximate surface area is 307 Å². The van der Waals surface area contributed by atoms with Crippen molar-refractivity contribution in [3.8, 4) is 33.6 Å². The second kappa shape index (κ2) is 12.7. The van der Waals surface area contributed by atoms with E-state index in [0.717, 1.165) is 41.2 Å². The van der Waals surface area contributed by atoms with Gasteiger partial charge in [-0.25, -0.2) is 4.98 Å². The molecule has 0 aliphatic heterocycles. The van der Waals surface area contributed by atoms with Crippen LogP contribution < -0.4 is 4.90 Å². The van der Waals surface area contributed by atoms with Crippen LogP contribution in [-0.2, 0) is 23.7 Å². The van der Waals surface area contributed by atoms with Crippen molar-refractivity contribution in [2.45, 2.75) is 72.1 Å². The number of hydrogen-bond acceptors (Lipinski definition) is 3. The topological polar surface area (TPSA) is 16.1 Å². The second-order valence-corrected chi connectivity index (χ2v) is 17.1. The minimum absolute atomic E-state index is 0.0915. The molecule has 1 aliphatic rings. The van der Waals surface area contributed by atoms with E-state index in [1.807, 2.05) is 0 Å². The average Bonchev–Trinajstić information content (AvgIpc) is 3.55. The van der Waals surface area contributed by atoms with Crippen LogP contribution >= 0.6 is 11.3 Å². The molecule has 0 bridgehead atoms. The summed E-state index contributed by atoms with van der Waals surface area (Å²) in [5, 5.41) is 3.57. The lowest BCUT2D eigenvalue weighted by atomic mass is 9.82. The molecular formula is C48H46N2S. The molecule has 2 nitrogen and oxygen atoms in total. The van der Waals surface area contributed by atoms with E-state index in [9.17, 15) is 0 Å². The van der Waals surface area contributed by atoms with E-state index >= 15 is 0 Å². The van der Waals surface area contributed by atoms with E-state index in [0.29, 0.717) is 0 Å². The zero-order chi connectivity index (χ0) is 35.5. The number of pyridine rings is 1. The van der Waals surface area contributed by atoms with Crippen molar-refractivity contribution in [3.63, 3.8) is 0 Å². The zero-order valence-corrected chi connectivity index (χ0v) is 31.7. The van der Waals surface area contributed by atoms with Crippen LogP contribution in [0.1, 0.15) is 69.4 Å². The number of anilines is 3. The summed E-state index contributed by atoms with van der Waals surface area (Å²) in [6.07, 6.45) is 1.95. The highest BCUT2D eigenvalue weighted by Gasteiger charge is 2.26. The van der Waals surface area contributed by atoms with E-state index < -0.39 is 0 Å². The quantitative estimate of drug-likeness (QED) is 0.180. The van der Waals surface area contributed by atoms with E-state index in [1.54, 1.807) is 11.3 Å². The third-order valence-corrected chi connectivity index (χ3v) is 11.4. The maximum atomic E-state index is 5.54. The molecule has 8 rings (SSSR count). The summed E-state index contributed by atoms with van der Waals surface area (Å²) in [4.78, 5) is 7.97. The number of fused-ring (bicyclic) bond motifs is 4. The number of benzene rings is 5. The fourth-order valence-electron chi connectivity index (χ4n) is 7.40. The molecule has 51 heavy (non-hydrogen) atoms. The Morgan fingerprint density at radius 3 is 1.90 bits per heavy atom. The van der Waals surface area contributed by atoms with Crippen LogP contribution in [0.3, 0.4) is 0 Å². The molecule has 0 fully saturated rings. The van der Waals surface area contributed by atoms with Gasteiger partial charge in [-0.05, 0) is 100 Å². The zero-order valence-electron chi connectivity index (χ0n) is 30.8. The smallest absolute Gasteiger partial charge is 0.0751 e. The first-order valence-electron chi connectivity index (χ1n) is 18.2. The number of aromatic nitrogens is 1. The molecule has 0 amide bonds. The van der Waals surface area contributed by atoms with Crippen LogP contribution in [0.5, 0.6) is 0 Å². The van der Waals surface area contributed by atoms with E-state index in [1.165, 1.54) is 60.3 Å². The highest BCUT2D eigenvalue weighted by atomic mass is 32.1. The molecule has 7 aromatic rings. The molecule has 1 aliphatic carbocycles. The van der Waals surface area contributed by atoms with Gasteiger partial charge in [0.1, 0.15) is 0 Å². The predicted molar refractivity (Wildman–Crippen MR) is 220 cm³/mol. The van der Waals surface area contributed by atoms with Gasteiger partial charge >= 0.3 is 0 Å². The summed E-state index contributed by atoms with van der Waals surface area (Å²) in [6, 6.07) is 45.3. The fourth-order valence-corrected chi connectivity index (χ4v) is 8.33. The lowest BCUT2D eigenvalue weighted by Gasteiger charge is -2.28. The summed E-state index contributed by atoms with van der Waals surface area (Å²) in [5.74, 6) is 0. The molecule has 0 N–H and O–H groups in total. The van der Waals surface area contributed by atoms with Gasteiger partial charge in [-0.3, -0.25) is 0 Å². The molecule has 0 spiro atoms. The van der Waals surface area contributed by atoms with Gasteiger partial charge in [0.2, 0.25) is 0 Å². The predicted octanol–water partition coefficient (Wildman–Crippen LogP) is 13.8. The van der Waals surface area contributed by atoms with Gasteiger partial charge in [0.15, 0.2) is 0 Å². The Hall–Kier alpha value is -4.99. The maximum absolute atomic E-state index is 5.54. The van der Waals surface area contributed by atoms with Crippen molar-refractivity contribution in [1.29, 1.82) is 0 Å². The molecular weight excluding hydrogens is 637 g/mol. The maximum Gasteiger partial charge on any atom is 0.0751 e. The summed E-state index contributed by atoms with van der Waals surface area (Å²) in [6.45, 7) is 15.8. The van der Waals surface area contributed by atoms with Gasteiger partial charge in [-0.1, -0.05) is 132 Å². The molecule has 2 heterocycles. The number of nitrogens with zero attached hydrogens (tertiary/aromatic N) is 2. The van der Waals surface area contributed by atoms with Gasteiger partial charge in [0, 0.05) is 38.0 Å². The van der Waals surface area contributed by atoms with Crippen molar-refractivity contribution in [1.82, 2.24) is 4.98 Å². The molecule has 0 radical (unpaired) electrons. The summed E-state index contributed by atoms with van der Waals surface area (Å²) < 4.78 is 1.29. The van der Waals surface area contributed by atoms with Gasteiger partial charge in [-0.2, -0.15) is 0 Å². The van der Waals surface area contributed by atoms with Crippen LogP contribution in [0.25, 0.3) is 43.7 Å². The molecule has 3 heteroatoms. The third-order valence-electron chi connectivity index (χ3n) is 10.5. The molecule has 0 atom stereocenters. The highest BCUT2D eigenvalue weighted by molar-refractivity contribution is 7.17. The van der Waals surface area contributed by atoms with Crippen LogP contribution in [0.4, 0.5) is 17.1 Å². The molecule has 254 valence electrons. The number of rotatable bonds is 5. The normalized spacial score (nSPS) is 12.8. The minimum Gasteiger partial charge on any atom is -0.309 e. The van der Waals surface area contributed by atoms with Crippen molar-refractivity contribution in [3.05, 3.63) is 155 Å². The first kappa shape index (κ1) is 33.2. The van der Waals surface area contributed by atoms with E-state index in [2.05, 4.69) is 180 Å². The SMILES string of the molecule is Cc1ccc(N(c2ccc3c(c2)-c2nc(-c4ccc(C(C)(C)C)cc4)cc(-c4ccc(C(C)(C)C)cc4)c2CC3)c2csc3ccccc23)cc1. The highest BCUT2D eigenvalue weighted by Crippen LogP contribution is 2.46. The summed E-state index contributed by atoms with van der Waals surface area (Å²) in [7, 11) is 0. The van der Waals surface area contributed by atoms with Crippen molar-refractivity contribution >= 4 is 38.5 Å². The fraction of sp³-hybridized carbons (Fsp3) is 0.229. The number of hydrogen-bond donors (Lipinski definition) is 0. The molecule has 2 aromatic heterocycles. The molecule has 0 saturated carbocycles. The van der Waals surface area contributed by atoms with E-state index in [-0.39, 0.29) is 10.8 Å². The van der Waals surface area contributed by atoms with Crippen LogP contribution in [0, 0.1) is 6.92 Å². The molecule has 0 unspecified atom stereocenters. The first-order chi connectivity index (χ1) is 24.4. The lowest BCUT2D eigenvalue weighted by molar-refractivity contribution is 0.590. The third kappa shape index (κ3) is 6.29.